The number of aromatic nitrogens is 2. The first kappa shape index (κ1) is 13.3. The molecule has 0 aliphatic rings. The zero-order chi connectivity index (χ0) is 13.8. The molecule has 0 atom stereocenters. The standard InChI is InChI=1S/C14H19N5/c1-9(2)14-17-12(8-13(18-14)19-15)16-11-6-4-10(3)5-7-11/h4-9H,15H2,1-3H3,(H2,16,17,18,19). The summed E-state index contributed by atoms with van der Waals surface area (Å²) in [6.45, 7) is 6.15. The first-order valence-electron chi connectivity index (χ1n) is 6.28. The van der Waals surface area contributed by atoms with Gasteiger partial charge in [0.25, 0.3) is 0 Å². The van der Waals surface area contributed by atoms with Gasteiger partial charge in [-0.15, -0.1) is 0 Å². The lowest BCUT2D eigenvalue weighted by molar-refractivity contribution is 0.777. The summed E-state index contributed by atoms with van der Waals surface area (Å²) in [6, 6.07) is 9.92. The number of hydrazine groups is 1. The molecule has 0 fully saturated rings. The van der Waals surface area contributed by atoms with E-state index in [1.807, 2.05) is 26.0 Å². The minimum atomic E-state index is 0.242. The molecule has 2 aromatic rings. The summed E-state index contributed by atoms with van der Waals surface area (Å²) in [5, 5.41) is 3.25. The highest BCUT2D eigenvalue weighted by atomic mass is 15.3. The van der Waals surface area contributed by atoms with Crippen molar-refractivity contribution >= 4 is 17.3 Å². The monoisotopic (exact) mass is 257 g/mol. The Morgan fingerprint density at radius 3 is 2.26 bits per heavy atom. The normalized spacial score (nSPS) is 10.6. The van der Waals surface area contributed by atoms with Crippen LogP contribution >= 0.6 is 0 Å². The first-order valence-corrected chi connectivity index (χ1v) is 6.28. The first-order chi connectivity index (χ1) is 9.08. The second-order valence-electron chi connectivity index (χ2n) is 4.79. The molecule has 0 saturated heterocycles. The molecule has 5 heteroatoms. The molecular weight excluding hydrogens is 238 g/mol. The highest BCUT2D eigenvalue weighted by molar-refractivity contribution is 5.59. The van der Waals surface area contributed by atoms with Crippen LogP contribution in [0, 0.1) is 6.92 Å². The van der Waals surface area contributed by atoms with E-state index in [1.165, 1.54) is 5.56 Å². The van der Waals surface area contributed by atoms with Crippen LogP contribution in [-0.2, 0) is 0 Å². The predicted molar refractivity (Wildman–Crippen MR) is 78.4 cm³/mol. The van der Waals surface area contributed by atoms with Gasteiger partial charge in [0.2, 0.25) is 0 Å². The molecule has 1 aromatic carbocycles. The fourth-order valence-corrected chi connectivity index (χ4v) is 1.65. The van der Waals surface area contributed by atoms with E-state index in [9.17, 15) is 0 Å². The molecule has 0 aliphatic heterocycles. The largest absolute Gasteiger partial charge is 0.340 e. The van der Waals surface area contributed by atoms with Crippen LogP contribution in [0.25, 0.3) is 0 Å². The summed E-state index contributed by atoms with van der Waals surface area (Å²) >= 11 is 0. The maximum Gasteiger partial charge on any atom is 0.145 e. The van der Waals surface area contributed by atoms with E-state index in [4.69, 9.17) is 5.84 Å². The third-order valence-corrected chi connectivity index (χ3v) is 2.73. The predicted octanol–water partition coefficient (Wildman–Crippen LogP) is 2.94. The van der Waals surface area contributed by atoms with E-state index in [2.05, 4.69) is 39.8 Å². The number of nitrogen functional groups attached to an aromatic ring is 1. The molecule has 0 saturated carbocycles. The number of benzene rings is 1. The summed E-state index contributed by atoms with van der Waals surface area (Å²) in [5.41, 5.74) is 4.78. The van der Waals surface area contributed by atoms with Gasteiger partial charge in [-0.3, -0.25) is 0 Å². The number of hydrogen-bond acceptors (Lipinski definition) is 5. The van der Waals surface area contributed by atoms with Crippen LogP contribution in [0.4, 0.5) is 17.3 Å². The van der Waals surface area contributed by atoms with Gasteiger partial charge in [0.05, 0.1) is 0 Å². The Kier molecular flexibility index (Phi) is 3.97. The van der Waals surface area contributed by atoms with Gasteiger partial charge in [-0.1, -0.05) is 31.5 Å². The van der Waals surface area contributed by atoms with Crippen molar-refractivity contribution in [2.24, 2.45) is 5.84 Å². The number of rotatable bonds is 4. The summed E-state index contributed by atoms with van der Waals surface area (Å²) in [6.07, 6.45) is 0. The Hall–Kier alpha value is -2.14. The van der Waals surface area contributed by atoms with E-state index in [0.717, 1.165) is 17.3 Å². The molecule has 1 heterocycles. The molecule has 0 unspecified atom stereocenters. The fourth-order valence-electron chi connectivity index (χ4n) is 1.65. The van der Waals surface area contributed by atoms with Gasteiger partial charge in [0.1, 0.15) is 17.5 Å². The molecule has 0 spiro atoms. The third-order valence-electron chi connectivity index (χ3n) is 2.73. The van der Waals surface area contributed by atoms with Crippen molar-refractivity contribution in [3.05, 3.63) is 41.7 Å². The summed E-state index contributed by atoms with van der Waals surface area (Å²) < 4.78 is 0. The highest BCUT2D eigenvalue weighted by Gasteiger charge is 2.07. The van der Waals surface area contributed by atoms with Crippen molar-refractivity contribution in [2.45, 2.75) is 26.7 Å². The van der Waals surface area contributed by atoms with Crippen molar-refractivity contribution in [3.8, 4) is 0 Å². The zero-order valence-corrected chi connectivity index (χ0v) is 11.4. The van der Waals surface area contributed by atoms with E-state index in [1.54, 1.807) is 6.07 Å². The van der Waals surface area contributed by atoms with Gasteiger partial charge in [-0.25, -0.2) is 15.8 Å². The van der Waals surface area contributed by atoms with Crippen molar-refractivity contribution in [2.75, 3.05) is 10.7 Å². The van der Waals surface area contributed by atoms with Crippen molar-refractivity contribution in [1.82, 2.24) is 9.97 Å². The Bertz CT molecular complexity index is 548. The van der Waals surface area contributed by atoms with Crippen LogP contribution in [0.5, 0.6) is 0 Å². The zero-order valence-electron chi connectivity index (χ0n) is 11.4. The molecular formula is C14H19N5. The molecule has 4 N–H and O–H groups in total. The van der Waals surface area contributed by atoms with Crippen LogP contribution in [0.1, 0.15) is 31.2 Å². The van der Waals surface area contributed by atoms with Gasteiger partial charge in [-0.2, -0.15) is 0 Å². The molecule has 100 valence electrons. The SMILES string of the molecule is Cc1ccc(Nc2cc(NN)nc(C(C)C)n2)cc1. The van der Waals surface area contributed by atoms with Gasteiger partial charge in [0.15, 0.2) is 0 Å². The number of nitrogens with one attached hydrogen (secondary N) is 2. The lowest BCUT2D eigenvalue weighted by Gasteiger charge is -2.11. The molecule has 1 aromatic heterocycles. The molecule has 5 nitrogen and oxygen atoms in total. The van der Waals surface area contributed by atoms with Crippen LogP contribution in [0.3, 0.4) is 0 Å². The van der Waals surface area contributed by atoms with Crippen molar-refractivity contribution < 1.29 is 0 Å². The third kappa shape index (κ3) is 3.42. The number of anilines is 3. The smallest absolute Gasteiger partial charge is 0.145 e. The van der Waals surface area contributed by atoms with Crippen LogP contribution in [0.2, 0.25) is 0 Å². The number of aryl methyl sites for hydroxylation is 1. The topological polar surface area (TPSA) is 75.9 Å². The Balaban J connectivity index is 2.28. The molecule has 0 amide bonds. The minimum Gasteiger partial charge on any atom is -0.340 e. The van der Waals surface area contributed by atoms with Crippen molar-refractivity contribution in [3.63, 3.8) is 0 Å². The van der Waals surface area contributed by atoms with Gasteiger partial charge in [0, 0.05) is 17.7 Å². The van der Waals surface area contributed by atoms with E-state index < -0.39 is 0 Å². The average Bonchev–Trinajstić information content (AvgIpc) is 2.41. The Morgan fingerprint density at radius 1 is 1.05 bits per heavy atom. The van der Waals surface area contributed by atoms with E-state index >= 15 is 0 Å². The summed E-state index contributed by atoms with van der Waals surface area (Å²) in [4.78, 5) is 8.80. The quantitative estimate of drug-likeness (QED) is 0.580. The lowest BCUT2D eigenvalue weighted by atomic mass is 10.2. The minimum absolute atomic E-state index is 0.242. The number of hydrogen-bond donors (Lipinski definition) is 3. The fraction of sp³-hybridized carbons (Fsp3) is 0.286. The molecule has 2 rings (SSSR count). The second kappa shape index (κ2) is 5.67. The van der Waals surface area contributed by atoms with E-state index in [0.29, 0.717) is 5.82 Å². The summed E-state index contributed by atoms with van der Waals surface area (Å²) in [5.74, 6) is 7.77. The van der Waals surface area contributed by atoms with Crippen LogP contribution in [-0.4, -0.2) is 9.97 Å². The van der Waals surface area contributed by atoms with Gasteiger partial charge < -0.3 is 10.7 Å². The molecule has 0 radical (unpaired) electrons. The highest BCUT2D eigenvalue weighted by Crippen LogP contribution is 2.20. The van der Waals surface area contributed by atoms with Crippen LogP contribution < -0.4 is 16.6 Å². The lowest BCUT2D eigenvalue weighted by Crippen LogP contribution is -2.12. The average molecular weight is 257 g/mol. The van der Waals surface area contributed by atoms with E-state index in [-0.39, 0.29) is 5.92 Å². The van der Waals surface area contributed by atoms with Crippen molar-refractivity contribution in [1.29, 1.82) is 0 Å². The molecule has 19 heavy (non-hydrogen) atoms. The maximum absolute atomic E-state index is 5.43. The van der Waals surface area contributed by atoms with Gasteiger partial charge in [-0.05, 0) is 19.1 Å². The Labute approximate surface area is 113 Å². The maximum atomic E-state index is 5.43. The molecule has 0 bridgehead atoms. The summed E-state index contributed by atoms with van der Waals surface area (Å²) in [7, 11) is 0. The number of nitrogens with zero attached hydrogens (tertiary/aromatic N) is 2. The Morgan fingerprint density at radius 2 is 1.68 bits per heavy atom. The number of nitrogens with two attached hydrogens (primary N) is 1. The molecule has 0 aliphatic carbocycles. The second-order valence-corrected chi connectivity index (χ2v) is 4.79. The van der Waals surface area contributed by atoms with Gasteiger partial charge >= 0.3 is 0 Å². The van der Waals surface area contributed by atoms with Crippen LogP contribution in [0.15, 0.2) is 30.3 Å².